The Labute approximate surface area is 123 Å². The lowest BCUT2D eigenvalue weighted by molar-refractivity contribution is 0.169. The van der Waals surface area contributed by atoms with Gasteiger partial charge in [-0.05, 0) is 31.2 Å². The van der Waals surface area contributed by atoms with Gasteiger partial charge in [0.2, 0.25) is 5.82 Å². The molecule has 112 valence electrons. The third-order valence-electron chi connectivity index (χ3n) is 2.79. The molecule has 8 heteroatoms. The van der Waals surface area contributed by atoms with Crippen molar-refractivity contribution in [1.82, 2.24) is 20.3 Å². The second-order valence-electron chi connectivity index (χ2n) is 4.40. The van der Waals surface area contributed by atoms with E-state index in [-0.39, 0.29) is 17.5 Å². The van der Waals surface area contributed by atoms with Crippen LogP contribution >= 0.6 is 0 Å². The van der Waals surface area contributed by atoms with Crippen LogP contribution in [-0.4, -0.2) is 20.3 Å². The van der Waals surface area contributed by atoms with Gasteiger partial charge >= 0.3 is 0 Å². The standard InChI is InChI=1S/C14H10F2N4O2/c1-8(21-12-5-4-9(15)7-10(12)16)14-18-13(20-22-14)11-3-2-6-17-19-11/h2-8H,1H3. The summed E-state index contributed by atoms with van der Waals surface area (Å²) in [7, 11) is 0. The molecule has 22 heavy (non-hydrogen) atoms. The van der Waals surface area contributed by atoms with Crippen molar-refractivity contribution in [3.8, 4) is 17.3 Å². The van der Waals surface area contributed by atoms with Gasteiger partial charge in [0, 0.05) is 12.3 Å². The zero-order valence-corrected chi connectivity index (χ0v) is 11.4. The fourth-order valence-electron chi connectivity index (χ4n) is 1.74. The van der Waals surface area contributed by atoms with Crippen LogP contribution in [-0.2, 0) is 0 Å². The molecule has 0 aliphatic heterocycles. The normalized spacial score (nSPS) is 12.1. The smallest absolute Gasteiger partial charge is 0.267 e. The molecule has 1 aromatic carbocycles. The highest BCUT2D eigenvalue weighted by Gasteiger charge is 2.19. The second kappa shape index (κ2) is 5.84. The number of ether oxygens (including phenoxy) is 1. The van der Waals surface area contributed by atoms with E-state index >= 15 is 0 Å². The van der Waals surface area contributed by atoms with Crippen LogP contribution in [0.25, 0.3) is 11.5 Å². The minimum atomic E-state index is -0.805. The molecule has 0 aliphatic carbocycles. The van der Waals surface area contributed by atoms with Gasteiger partial charge in [-0.3, -0.25) is 0 Å². The van der Waals surface area contributed by atoms with Crippen molar-refractivity contribution in [3.63, 3.8) is 0 Å². The molecule has 2 heterocycles. The van der Waals surface area contributed by atoms with E-state index in [0.29, 0.717) is 5.69 Å². The summed E-state index contributed by atoms with van der Waals surface area (Å²) in [6, 6.07) is 6.39. The Morgan fingerprint density at radius 2 is 2.09 bits per heavy atom. The number of hydrogen-bond donors (Lipinski definition) is 0. The lowest BCUT2D eigenvalue weighted by Crippen LogP contribution is -2.05. The first-order valence-electron chi connectivity index (χ1n) is 6.37. The highest BCUT2D eigenvalue weighted by Crippen LogP contribution is 2.25. The van der Waals surface area contributed by atoms with E-state index in [2.05, 4.69) is 20.3 Å². The molecule has 1 unspecified atom stereocenters. The second-order valence-corrected chi connectivity index (χ2v) is 4.40. The molecule has 0 N–H and O–H groups in total. The molecule has 1 atom stereocenters. The van der Waals surface area contributed by atoms with Crippen LogP contribution in [0.2, 0.25) is 0 Å². The van der Waals surface area contributed by atoms with Crippen LogP contribution in [0.4, 0.5) is 8.78 Å². The largest absolute Gasteiger partial charge is 0.478 e. The van der Waals surface area contributed by atoms with Gasteiger partial charge in [-0.25, -0.2) is 8.78 Å². The fraction of sp³-hybridized carbons (Fsp3) is 0.143. The average Bonchev–Trinajstić information content (AvgIpc) is 3.01. The van der Waals surface area contributed by atoms with Crippen molar-refractivity contribution in [2.24, 2.45) is 0 Å². The lowest BCUT2D eigenvalue weighted by Gasteiger charge is -2.11. The molecule has 0 fully saturated rings. The quantitative estimate of drug-likeness (QED) is 0.737. The molecule has 0 bridgehead atoms. The summed E-state index contributed by atoms with van der Waals surface area (Å²) in [5, 5.41) is 11.3. The topological polar surface area (TPSA) is 73.9 Å². The van der Waals surface area contributed by atoms with E-state index in [1.165, 1.54) is 12.3 Å². The van der Waals surface area contributed by atoms with Crippen LogP contribution < -0.4 is 4.74 Å². The maximum Gasteiger partial charge on any atom is 0.267 e. The van der Waals surface area contributed by atoms with Gasteiger partial charge in [-0.2, -0.15) is 10.1 Å². The van der Waals surface area contributed by atoms with E-state index in [0.717, 1.165) is 12.1 Å². The van der Waals surface area contributed by atoms with Gasteiger partial charge in [0.25, 0.3) is 5.89 Å². The van der Waals surface area contributed by atoms with Crippen LogP contribution in [0.3, 0.4) is 0 Å². The summed E-state index contributed by atoms with van der Waals surface area (Å²) in [4.78, 5) is 4.12. The van der Waals surface area contributed by atoms with E-state index < -0.39 is 17.7 Å². The number of rotatable bonds is 4. The predicted molar refractivity (Wildman–Crippen MR) is 70.7 cm³/mol. The number of halogens is 2. The molecule has 0 saturated carbocycles. The highest BCUT2D eigenvalue weighted by atomic mass is 19.1. The van der Waals surface area contributed by atoms with Crippen LogP contribution in [0.1, 0.15) is 18.9 Å². The summed E-state index contributed by atoms with van der Waals surface area (Å²) in [6.45, 7) is 1.61. The summed E-state index contributed by atoms with van der Waals surface area (Å²) in [6.07, 6.45) is 0.811. The molecule has 3 aromatic rings. The molecule has 0 saturated heterocycles. The number of nitrogens with zero attached hydrogens (tertiary/aromatic N) is 4. The molecule has 0 amide bonds. The molecular weight excluding hydrogens is 294 g/mol. The van der Waals surface area contributed by atoms with Crippen LogP contribution in [0.5, 0.6) is 5.75 Å². The predicted octanol–water partition coefficient (Wildman–Crippen LogP) is 2.94. The molecular formula is C14H10F2N4O2. The fourth-order valence-corrected chi connectivity index (χ4v) is 1.74. The summed E-state index contributed by atoms with van der Waals surface area (Å²) in [5.74, 6) is -1.20. The Hall–Kier alpha value is -2.90. The monoisotopic (exact) mass is 304 g/mol. The average molecular weight is 304 g/mol. The van der Waals surface area contributed by atoms with Crippen LogP contribution in [0.15, 0.2) is 41.1 Å². The summed E-state index contributed by atoms with van der Waals surface area (Å²) in [5.41, 5.74) is 0.442. The van der Waals surface area contributed by atoms with Crippen molar-refractivity contribution >= 4 is 0 Å². The summed E-state index contributed by atoms with van der Waals surface area (Å²) >= 11 is 0. The van der Waals surface area contributed by atoms with Crippen molar-refractivity contribution < 1.29 is 18.0 Å². The third-order valence-corrected chi connectivity index (χ3v) is 2.79. The number of benzene rings is 1. The lowest BCUT2D eigenvalue weighted by atomic mass is 10.3. The number of hydrogen-bond acceptors (Lipinski definition) is 6. The van der Waals surface area contributed by atoms with E-state index in [9.17, 15) is 8.78 Å². The van der Waals surface area contributed by atoms with Crippen LogP contribution in [0, 0.1) is 11.6 Å². The third kappa shape index (κ3) is 2.90. The van der Waals surface area contributed by atoms with Crippen molar-refractivity contribution in [2.45, 2.75) is 13.0 Å². The maximum absolute atomic E-state index is 13.5. The Morgan fingerprint density at radius 1 is 1.23 bits per heavy atom. The van der Waals surface area contributed by atoms with E-state index in [4.69, 9.17) is 9.26 Å². The minimum absolute atomic E-state index is 0.104. The Kier molecular flexibility index (Phi) is 3.73. The summed E-state index contributed by atoms with van der Waals surface area (Å²) < 4.78 is 36.8. The molecule has 0 spiro atoms. The van der Waals surface area contributed by atoms with E-state index in [1.807, 2.05) is 0 Å². The zero-order valence-electron chi connectivity index (χ0n) is 11.4. The first kappa shape index (κ1) is 14.1. The van der Waals surface area contributed by atoms with Gasteiger partial charge in [0.1, 0.15) is 11.5 Å². The van der Waals surface area contributed by atoms with E-state index in [1.54, 1.807) is 19.1 Å². The molecule has 0 radical (unpaired) electrons. The van der Waals surface area contributed by atoms with Crippen molar-refractivity contribution in [3.05, 3.63) is 54.1 Å². The Morgan fingerprint density at radius 3 is 2.82 bits per heavy atom. The van der Waals surface area contributed by atoms with Crippen molar-refractivity contribution in [1.29, 1.82) is 0 Å². The first-order valence-corrected chi connectivity index (χ1v) is 6.37. The SMILES string of the molecule is CC(Oc1ccc(F)cc1F)c1nc(-c2cccnn2)no1. The molecule has 0 aliphatic rings. The Balaban J connectivity index is 1.78. The van der Waals surface area contributed by atoms with Gasteiger partial charge in [-0.15, -0.1) is 5.10 Å². The van der Waals surface area contributed by atoms with Gasteiger partial charge < -0.3 is 9.26 Å². The zero-order chi connectivity index (χ0) is 15.5. The molecule has 3 rings (SSSR count). The van der Waals surface area contributed by atoms with Gasteiger partial charge in [0.05, 0.1) is 0 Å². The number of aromatic nitrogens is 4. The maximum atomic E-state index is 13.5. The molecule has 6 nitrogen and oxygen atoms in total. The Bertz CT molecular complexity index is 780. The highest BCUT2D eigenvalue weighted by molar-refractivity contribution is 5.46. The molecule has 2 aromatic heterocycles. The first-order chi connectivity index (χ1) is 10.6. The van der Waals surface area contributed by atoms with Crippen molar-refractivity contribution in [2.75, 3.05) is 0 Å². The minimum Gasteiger partial charge on any atom is -0.478 e. The van der Waals surface area contributed by atoms with Gasteiger partial charge in [0.15, 0.2) is 17.7 Å². The van der Waals surface area contributed by atoms with Gasteiger partial charge in [-0.1, -0.05) is 5.16 Å².